The van der Waals surface area contributed by atoms with Crippen LogP contribution < -0.4 is 4.74 Å². The Morgan fingerprint density at radius 3 is 2.84 bits per heavy atom. The normalized spacial score (nSPS) is 10.4. The van der Waals surface area contributed by atoms with Gasteiger partial charge < -0.3 is 9.84 Å². The number of ether oxygens (including phenoxy) is 1. The number of aromatic carboxylic acids is 1. The highest BCUT2D eigenvalue weighted by Crippen LogP contribution is 2.23. The van der Waals surface area contributed by atoms with Crippen molar-refractivity contribution in [3.63, 3.8) is 0 Å². The molecule has 2 aromatic rings. The van der Waals surface area contributed by atoms with Crippen molar-refractivity contribution in [3.8, 4) is 5.75 Å². The molecule has 0 aliphatic carbocycles. The molecule has 0 aliphatic rings. The van der Waals surface area contributed by atoms with E-state index in [1.807, 2.05) is 26.1 Å². The monoisotopic (exact) mass is 260 g/mol. The van der Waals surface area contributed by atoms with Gasteiger partial charge in [0.1, 0.15) is 11.3 Å². The Bertz CT molecular complexity index is 590. The van der Waals surface area contributed by atoms with Crippen LogP contribution in [0, 0.1) is 6.92 Å². The summed E-state index contributed by atoms with van der Waals surface area (Å²) in [5.41, 5.74) is 2.07. The summed E-state index contributed by atoms with van der Waals surface area (Å²) in [5.74, 6) is -0.531. The summed E-state index contributed by atoms with van der Waals surface area (Å²) in [6.45, 7) is 2.26. The first-order chi connectivity index (χ1) is 9.09. The van der Waals surface area contributed by atoms with Crippen molar-refractivity contribution in [2.45, 2.75) is 13.3 Å². The van der Waals surface area contributed by atoms with Crippen molar-refractivity contribution < 1.29 is 14.6 Å². The van der Waals surface area contributed by atoms with E-state index in [0.29, 0.717) is 18.8 Å². The van der Waals surface area contributed by atoms with E-state index < -0.39 is 5.97 Å². The van der Waals surface area contributed by atoms with Gasteiger partial charge >= 0.3 is 5.97 Å². The summed E-state index contributed by atoms with van der Waals surface area (Å²) < 4.78 is 7.41. The third-order valence-electron chi connectivity index (χ3n) is 2.97. The molecule has 1 aromatic heterocycles. The average Bonchev–Trinajstić information content (AvgIpc) is 2.77. The van der Waals surface area contributed by atoms with Gasteiger partial charge in [-0.2, -0.15) is 5.10 Å². The molecule has 0 unspecified atom stereocenters. The van der Waals surface area contributed by atoms with Crippen LogP contribution in [0.25, 0.3) is 0 Å². The largest absolute Gasteiger partial charge is 0.492 e. The van der Waals surface area contributed by atoms with Crippen molar-refractivity contribution in [2.24, 2.45) is 7.05 Å². The molecule has 1 aromatic carbocycles. The van der Waals surface area contributed by atoms with Crippen LogP contribution >= 0.6 is 0 Å². The average molecular weight is 260 g/mol. The minimum atomic E-state index is -0.973. The summed E-state index contributed by atoms with van der Waals surface area (Å²) >= 11 is 0. The van der Waals surface area contributed by atoms with Crippen molar-refractivity contribution >= 4 is 5.97 Å². The molecule has 0 radical (unpaired) electrons. The molecule has 0 saturated carbocycles. The van der Waals surface area contributed by atoms with Gasteiger partial charge in [0.05, 0.1) is 6.61 Å². The van der Waals surface area contributed by atoms with Crippen LogP contribution in [-0.2, 0) is 13.5 Å². The van der Waals surface area contributed by atoms with E-state index in [0.717, 1.165) is 11.3 Å². The van der Waals surface area contributed by atoms with E-state index in [1.54, 1.807) is 23.0 Å². The second-order valence-electron chi connectivity index (χ2n) is 4.30. The van der Waals surface area contributed by atoms with Crippen LogP contribution in [0.5, 0.6) is 5.75 Å². The minimum absolute atomic E-state index is 0.199. The Morgan fingerprint density at radius 2 is 2.21 bits per heavy atom. The third kappa shape index (κ3) is 2.93. The molecule has 0 fully saturated rings. The summed E-state index contributed by atoms with van der Waals surface area (Å²) in [6, 6.07) is 7.02. The smallest absolute Gasteiger partial charge is 0.339 e. The Balaban J connectivity index is 2.07. The molecule has 1 N–H and O–H groups in total. The van der Waals surface area contributed by atoms with E-state index >= 15 is 0 Å². The maximum atomic E-state index is 11.1. The molecule has 19 heavy (non-hydrogen) atoms. The first-order valence-corrected chi connectivity index (χ1v) is 6.02. The summed E-state index contributed by atoms with van der Waals surface area (Å²) in [4.78, 5) is 11.1. The lowest BCUT2D eigenvalue weighted by Gasteiger charge is -2.11. The molecule has 0 atom stereocenters. The fourth-order valence-corrected chi connectivity index (χ4v) is 1.92. The van der Waals surface area contributed by atoms with E-state index in [1.165, 1.54) is 0 Å². The number of carbonyl (C=O) groups is 1. The first-order valence-electron chi connectivity index (χ1n) is 6.02. The first kappa shape index (κ1) is 13.1. The van der Waals surface area contributed by atoms with Gasteiger partial charge in [0.25, 0.3) is 0 Å². The number of aromatic nitrogens is 2. The Labute approximate surface area is 111 Å². The molecule has 0 saturated heterocycles. The maximum absolute atomic E-state index is 11.1. The molecule has 5 nitrogen and oxygen atoms in total. The highest BCUT2D eigenvalue weighted by Gasteiger charge is 2.13. The van der Waals surface area contributed by atoms with Crippen LogP contribution in [0.1, 0.15) is 21.6 Å². The Hall–Kier alpha value is -2.30. The van der Waals surface area contributed by atoms with E-state index in [9.17, 15) is 4.79 Å². The molecule has 0 amide bonds. The number of carboxylic acid groups (broad SMARTS) is 1. The van der Waals surface area contributed by atoms with Gasteiger partial charge in [0, 0.05) is 25.4 Å². The van der Waals surface area contributed by atoms with Gasteiger partial charge in [-0.3, -0.25) is 4.68 Å². The number of para-hydroxylation sites is 1. The summed E-state index contributed by atoms with van der Waals surface area (Å²) in [6.07, 6.45) is 2.41. The van der Waals surface area contributed by atoms with Crippen LogP contribution in [0.2, 0.25) is 0 Å². The minimum Gasteiger partial charge on any atom is -0.492 e. The molecule has 100 valence electrons. The van der Waals surface area contributed by atoms with Gasteiger partial charge in [0.2, 0.25) is 0 Å². The third-order valence-corrected chi connectivity index (χ3v) is 2.97. The van der Waals surface area contributed by atoms with Crippen molar-refractivity contribution in [2.75, 3.05) is 6.61 Å². The lowest BCUT2D eigenvalue weighted by Crippen LogP contribution is -2.09. The van der Waals surface area contributed by atoms with E-state index in [-0.39, 0.29) is 5.56 Å². The Kier molecular flexibility index (Phi) is 3.85. The van der Waals surface area contributed by atoms with Gasteiger partial charge in [-0.05, 0) is 24.6 Å². The van der Waals surface area contributed by atoms with Gasteiger partial charge in [-0.15, -0.1) is 0 Å². The second-order valence-corrected chi connectivity index (χ2v) is 4.30. The fourth-order valence-electron chi connectivity index (χ4n) is 1.92. The maximum Gasteiger partial charge on any atom is 0.339 e. The van der Waals surface area contributed by atoms with Crippen molar-refractivity contribution in [1.29, 1.82) is 0 Å². The van der Waals surface area contributed by atoms with Crippen LogP contribution in [0.4, 0.5) is 0 Å². The van der Waals surface area contributed by atoms with Gasteiger partial charge in [-0.25, -0.2) is 4.79 Å². The molecule has 0 spiro atoms. The molecule has 2 rings (SSSR count). The Morgan fingerprint density at radius 1 is 1.42 bits per heavy atom. The lowest BCUT2D eigenvalue weighted by molar-refractivity contribution is 0.0692. The zero-order valence-corrected chi connectivity index (χ0v) is 11.0. The number of carboxylic acids is 1. The molecule has 0 aliphatic heterocycles. The van der Waals surface area contributed by atoms with E-state index in [2.05, 4.69) is 5.10 Å². The zero-order valence-electron chi connectivity index (χ0n) is 11.0. The second kappa shape index (κ2) is 5.56. The predicted octanol–water partition coefficient (Wildman–Crippen LogP) is 2.05. The van der Waals surface area contributed by atoms with Crippen molar-refractivity contribution in [1.82, 2.24) is 9.78 Å². The van der Waals surface area contributed by atoms with Crippen LogP contribution in [-0.4, -0.2) is 27.5 Å². The number of hydrogen-bond acceptors (Lipinski definition) is 3. The van der Waals surface area contributed by atoms with E-state index in [4.69, 9.17) is 9.84 Å². The highest BCUT2D eigenvalue weighted by molar-refractivity contribution is 5.91. The number of hydrogen-bond donors (Lipinski definition) is 1. The standard InChI is InChI=1S/C14H16N2O3/c1-10-4-3-5-12(14(17)18)13(10)19-9-7-11-6-8-15-16(11)2/h3-6,8H,7,9H2,1-2H3,(H,17,18). The lowest BCUT2D eigenvalue weighted by atomic mass is 10.1. The highest BCUT2D eigenvalue weighted by atomic mass is 16.5. The summed E-state index contributed by atoms with van der Waals surface area (Å²) in [7, 11) is 1.87. The molecular formula is C14H16N2O3. The van der Waals surface area contributed by atoms with Gasteiger partial charge in [-0.1, -0.05) is 12.1 Å². The quantitative estimate of drug-likeness (QED) is 0.893. The predicted molar refractivity (Wildman–Crippen MR) is 70.5 cm³/mol. The SMILES string of the molecule is Cc1cccc(C(=O)O)c1OCCc1ccnn1C. The van der Waals surface area contributed by atoms with Crippen LogP contribution in [0.15, 0.2) is 30.5 Å². The number of rotatable bonds is 5. The molecular weight excluding hydrogens is 244 g/mol. The van der Waals surface area contributed by atoms with Crippen molar-refractivity contribution in [3.05, 3.63) is 47.3 Å². The molecule has 0 bridgehead atoms. The summed E-state index contributed by atoms with van der Waals surface area (Å²) in [5, 5.41) is 13.2. The number of aryl methyl sites for hydroxylation is 2. The number of nitrogens with zero attached hydrogens (tertiary/aromatic N) is 2. The van der Waals surface area contributed by atoms with Crippen LogP contribution in [0.3, 0.4) is 0 Å². The molecule has 1 heterocycles. The molecule has 5 heteroatoms. The number of benzene rings is 1. The zero-order chi connectivity index (χ0) is 13.8. The van der Waals surface area contributed by atoms with Gasteiger partial charge in [0.15, 0.2) is 0 Å². The topological polar surface area (TPSA) is 64.3 Å². The fraction of sp³-hybridized carbons (Fsp3) is 0.286.